The lowest BCUT2D eigenvalue weighted by Gasteiger charge is -2.22. The van der Waals surface area contributed by atoms with Crippen LogP contribution in [0.4, 0.5) is 5.69 Å². The van der Waals surface area contributed by atoms with Crippen LogP contribution in [0.1, 0.15) is 29.3 Å². The van der Waals surface area contributed by atoms with Gasteiger partial charge in [0.1, 0.15) is 19.0 Å². The average Bonchev–Trinajstić information content (AvgIpc) is 3.41. The summed E-state index contributed by atoms with van der Waals surface area (Å²) in [6.45, 7) is 4.49. The Bertz CT molecular complexity index is 1340. The number of amides is 1. The number of imidazole rings is 1. The fraction of sp³-hybridized carbons (Fsp3) is 0.259. The van der Waals surface area contributed by atoms with Gasteiger partial charge in [-0.3, -0.25) is 4.79 Å². The van der Waals surface area contributed by atoms with E-state index in [9.17, 15) is 4.79 Å². The maximum Gasteiger partial charge on any atom is 0.227 e. The van der Waals surface area contributed by atoms with Gasteiger partial charge in [0.2, 0.25) is 5.91 Å². The van der Waals surface area contributed by atoms with Crippen LogP contribution in [-0.2, 0) is 11.3 Å². The normalized spacial score (nSPS) is 17.7. The lowest BCUT2D eigenvalue weighted by molar-refractivity contribution is -0.117. The Morgan fingerprint density at radius 1 is 0.970 bits per heavy atom. The van der Waals surface area contributed by atoms with Crippen molar-refractivity contribution in [3.05, 3.63) is 83.7 Å². The number of anilines is 1. The highest BCUT2D eigenvalue weighted by Crippen LogP contribution is 2.38. The van der Waals surface area contributed by atoms with E-state index in [4.69, 9.17) is 14.5 Å². The van der Waals surface area contributed by atoms with Gasteiger partial charge < -0.3 is 18.9 Å². The molecule has 2 aliphatic heterocycles. The number of fused-ring (bicyclic) bond motifs is 2. The van der Waals surface area contributed by atoms with Crippen molar-refractivity contribution in [2.75, 3.05) is 24.7 Å². The second-order valence-electron chi connectivity index (χ2n) is 8.76. The van der Waals surface area contributed by atoms with E-state index < -0.39 is 0 Å². The van der Waals surface area contributed by atoms with Crippen LogP contribution in [0.3, 0.4) is 0 Å². The molecule has 0 radical (unpaired) electrons. The van der Waals surface area contributed by atoms with Gasteiger partial charge in [-0.25, -0.2) is 4.98 Å². The summed E-state index contributed by atoms with van der Waals surface area (Å²) < 4.78 is 13.6. The van der Waals surface area contributed by atoms with E-state index in [-0.39, 0.29) is 11.8 Å². The van der Waals surface area contributed by atoms with Crippen molar-refractivity contribution in [2.45, 2.75) is 25.8 Å². The molecular formula is C27H25N3O3. The number of carbonyl (C=O) groups excluding carboxylic acids is 1. The van der Waals surface area contributed by atoms with Crippen molar-refractivity contribution in [2.24, 2.45) is 0 Å². The van der Waals surface area contributed by atoms with E-state index in [0.717, 1.165) is 34.8 Å². The van der Waals surface area contributed by atoms with Gasteiger partial charge in [0.25, 0.3) is 0 Å². The van der Waals surface area contributed by atoms with E-state index in [1.807, 2.05) is 41.3 Å². The Morgan fingerprint density at radius 3 is 2.61 bits per heavy atom. The highest BCUT2D eigenvalue weighted by molar-refractivity contribution is 5.97. The first-order valence-electron chi connectivity index (χ1n) is 11.4. The summed E-state index contributed by atoms with van der Waals surface area (Å²) in [5.41, 5.74) is 5.36. The number of rotatable bonds is 4. The summed E-state index contributed by atoms with van der Waals surface area (Å²) in [5.74, 6) is 2.51. The first-order chi connectivity index (χ1) is 16.2. The van der Waals surface area contributed by atoms with Crippen LogP contribution in [-0.4, -0.2) is 35.2 Å². The number of hydrogen-bond acceptors (Lipinski definition) is 4. The number of aromatic nitrogens is 2. The molecular weight excluding hydrogens is 414 g/mol. The minimum Gasteiger partial charge on any atom is -0.486 e. The fourth-order valence-electron chi connectivity index (χ4n) is 4.78. The number of ether oxygens (including phenoxy) is 2. The molecule has 0 bridgehead atoms. The number of carbonyl (C=O) groups is 1. The summed E-state index contributed by atoms with van der Waals surface area (Å²) >= 11 is 0. The number of benzene rings is 3. The van der Waals surface area contributed by atoms with Crippen molar-refractivity contribution in [1.29, 1.82) is 0 Å². The van der Waals surface area contributed by atoms with Crippen LogP contribution in [0.25, 0.3) is 11.0 Å². The average molecular weight is 440 g/mol. The van der Waals surface area contributed by atoms with Gasteiger partial charge in [0.15, 0.2) is 11.5 Å². The smallest absolute Gasteiger partial charge is 0.227 e. The van der Waals surface area contributed by atoms with Gasteiger partial charge in [-0.1, -0.05) is 42.0 Å². The quantitative estimate of drug-likeness (QED) is 0.463. The minimum absolute atomic E-state index is 0.0172. The van der Waals surface area contributed by atoms with Crippen LogP contribution in [0.2, 0.25) is 0 Å². The van der Waals surface area contributed by atoms with Gasteiger partial charge in [0.05, 0.1) is 11.0 Å². The molecule has 166 valence electrons. The van der Waals surface area contributed by atoms with Crippen LogP contribution in [0, 0.1) is 6.92 Å². The Morgan fingerprint density at radius 2 is 1.76 bits per heavy atom. The summed E-state index contributed by atoms with van der Waals surface area (Å²) in [7, 11) is 0. The number of hydrogen-bond donors (Lipinski definition) is 0. The molecule has 1 atom stereocenters. The predicted octanol–water partition coefficient (Wildman–Crippen LogP) is 4.68. The molecule has 0 spiro atoms. The largest absolute Gasteiger partial charge is 0.486 e. The molecule has 6 heteroatoms. The van der Waals surface area contributed by atoms with Gasteiger partial charge in [0, 0.05) is 37.2 Å². The number of aryl methyl sites for hydroxylation is 1. The zero-order chi connectivity index (χ0) is 22.4. The Kier molecular flexibility index (Phi) is 4.79. The van der Waals surface area contributed by atoms with E-state index in [1.165, 1.54) is 11.1 Å². The van der Waals surface area contributed by atoms with E-state index >= 15 is 0 Å². The molecule has 3 heterocycles. The number of nitrogens with zero attached hydrogens (tertiary/aromatic N) is 3. The lowest BCUT2D eigenvalue weighted by Crippen LogP contribution is -2.25. The minimum atomic E-state index is 0.0172. The topological polar surface area (TPSA) is 56.6 Å². The second kappa shape index (κ2) is 7.96. The molecule has 3 aromatic carbocycles. The molecule has 2 aliphatic rings. The van der Waals surface area contributed by atoms with Gasteiger partial charge in [-0.05, 0) is 36.8 Å². The lowest BCUT2D eigenvalue weighted by atomic mass is 10.1. The summed E-state index contributed by atoms with van der Waals surface area (Å²) in [6.07, 6.45) is 0.436. The van der Waals surface area contributed by atoms with Crippen LogP contribution in [0.5, 0.6) is 11.5 Å². The maximum absolute atomic E-state index is 13.1. The Hall–Kier alpha value is -3.80. The number of para-hydroxylation sites is 2. The monoisotopic (exact) mass is 439 g/mol. The van der Waals surface area contributed by atoms with Gasteiger partial charge in [-0.2, -0.15) is 0 Å². The van der Waals surface area contributed by atoms with Crippen LogP contribution >= 0.6 is 0 Å². The first-order valence-corrected chi connectivity index (χ1v) is 11.4. The van der Waals surface area contributed by atoms with Crippen molar-refractivity contribution in [1.82, 2.24) is 9.55 Å². The van der Waals surface area contributed by atoms with Crippen molar-refractivity contribution >= 4 is 22.6 Å². The summed E-state index contributed by atoms with van der Waals surface area (Å²) in [6, 6.07) is 22.5. The third kappa shape index (κ3) is 3.61. The highest BCUT2D eigenvalue weighted by atomic mass is 16.6. The zero-order valence-electron chi connectivity index (χ0n) is 18.5. The SMILES string of the molecule is Cc1ccc(Cn2c(C3CC(=O)N(c4ccc5c(c4)OCCO5)C3)nc3ccccc32)cc1. The predicted molar refractivity (Wildman–Crippen MR) is 127 cm³/mol. The van der Waals surface area contributed by atoms with E-state index in [0.29, 0.717) is 31.9 Å². The summed E-state index contributed by atoms with van der Waals surface area (Å²) in [4.78, 5) is 19.9. The van der Waals surface area contributed by atoms with Crippen molar-refractivity contribution in [3.8, 4) is 11.5 Å². The first kappa shape index (κ1) is 19.9. The third-order valence-electron chi connectivity index (χ3n) is 6.47. The fourth-order valence-corrected chi connectivity index (χ4v) is 4.78. The molecule has 0 N–H and O–H groups in total. The molecule has 1 aromatic heterocycles. The molecule has 1 unspecified atom stereocenters. The molecule has 0 aliphatic carbocycles. The second-order valence-corrected chi connectivity index (χ2v) is 8.76. The third-order valence-corrected chi connectivity index (χ3v) is 6.47. The Balaban J connectivity index is 1.34. The molecule has 0 saturated carbocycles. The standard InChI is InChI=1S/C27H25N3O3/c1-18-6-8-19(9-7-18)16-30-23-5-3-2-4-22(23)28-27(30)20-14-26(31)29(17-20)21-10-11-24-25(15-21)33-13-12-32-24/h2-11,15,20H,12-14,16-17H2,1H3. The highest BCUT2D eigenvalue weighted by Gasteiger charge is 2.35. The molecule has 33 heavy (non-hydrogen) atoms. The maximum atomic E-state index is 13.1. The zero-order valence-corrected chi connectivity index (χ0v) is 18.5. The van der Waals surface area contributed by atoms with Crippen LogP contribution in [0.15, 0.2) is 66.7 Å². The molecule has 1 fully saturated rings. The van der Waals surface area contributed by atoms with Crippen LogP contribution < -0.4 is 14.4 Å². The van der Waals surface area contributed by atoms with Crippen molar-refractivity contribution in [3.63, 3.8) is 0 Å². The molecule has 1 amide bonds. The molecule has 6 nitrogen and oxygen atoms in total. The van der Waals surface area contributed by atoms with Gasteiger partial charge in [-0.15, -0.1) is 0 Å². The van der Waals surface area contributed by atoms with E-state index in [2.05, 4.69) is 41.8 Å². The molecule has 6 rings (SSSR count). The van der Waals surface area contributed by atoms with E-state index in [1.54, 1.807) is 0 Å². The van der Waals surface area contributed by atoms with Crippen molar-refractivity contribution < 1.29 is 14.3 Å². The molecule has 1 saturated heterocycles. The Labute approximate surface area is 192 Å². The summed E-state index contributed by atoms with van der Waals surface area (Å²) in [5, 5.41) is 0. The van der Waals surface area contributed by atoms with Gasteiger partial charge >= 0.3 is 0 Å². The molecule has 4 aromatic rings.